The largest absolute Gasteiger partial charge is 0.314 e. The zero-order valence-corrected chi connectivity index (χ0v) is 14.7. The highest BCUT2D eigenvalue weighted by atomic mass is 35.5. The van der Waals surface area contributed by atoms with Gasteiger partial charge in [-0.15, -0.1) is 11.8 Å². The van der Waals surface area contributed by atoms with Crippen molar-refractivity contribution >= 4 is 35.5 Å². The van der Waals surface area contributed by atoms with Crippen molar-refractivity contribution in [3.8, 4) is 0 Å². The Morgan fingerprint density at radius 3 is 2.22 bits per heavy atom. The van der Waals surface area contributed by atoms with E-state index in [1.807, 2.05) is 49.5 Å². The molecule has 0 saturated heterocycles. The van der Waals surface area contributed by atoms with E-state index in [0.717, 1.165) is 26.4 Å². The number of para-hydroxylation sites is 1. The molecule has 5 nitrogen and oxygen atoms in total. The third kappa shape index (κ3) is 6.92. The predicted octanol–water partition coefficient (Wildman–Crippen LogP) is 2.89. The predicted molar refractivity (Wildman–Crippen MR) is 98.1 cm³/mol. The van der Waals surface area contributed by atoms with Gasteiger partial charge >= 0.3 is 0 Å². The zero-order chi connectivity index (χ0) is 17.2. The molecular formula is C16H21ClN4OS. The number of hydrogen-bond donors (Lipinski definition) is 2. The molecule has 0 atom stereocenters. The quantitative estimate of drug-likeness (QED) is 0.284. The molecule has 2 aromatic rings. The van der Waals surface area contributed by atoms with Crippen LogP contribution in [0.1, 0.15) is 5.56 Å². The Hall–Kier alpha value is -1.73. The number of nitrogens with zero attached hydrogens (tertiary/aromatic N) is 2. The minimum atomic E-state index is 0.528. The number of rotatable bonds is 5. The van der Waals surface area contributed by atoms with Crippen LogP contribution in [0, 0.1) is 0 Å². The zero-order valence-electron chi connectivity index (χ0n) is 13.1. The van der Waals surface area contributed by atoms with Crippen molar-refractivity contribution < 1.29 is 4.79 Å². The molecule has 2 aromatic carbocycles. The highest BCUT2D eigenvalue weighted by Crippen LogP contribution is 2.31. The summed E-state index contributed by atoms with van der Waals surface area (Å²) in [6, 6.07) is 16.0. The molecule has 0 heterocycles. The molecule has 0 aliphatic carbocycles. The fourth-order valence-electron chi connectivity index (χ4n) is 1.69. The van der Waals surface area contributed by atoms with E-state index in [9.17, 15) is 4.79 Å². The Morgan fingerprint density at radius 1 is 1.09 bits per heavy atom. The van der Waals surface area contributed by atoms with Crippen LogP contribution in [0.3, 0.4) is 0 Å². The summed E-state index contributed by atoms with van der Waals surface area (Å²) in [7, 11) is 3.31. The summed E-state index contributed by atoms with van der Waals surface area (Å²) in [5.74, 6) is 11.4. The van der Waals surface area contributed by atoms with E-state index < -0.39 is 0 Å². The second kappa shape index (κ2) is 10.1. The maximum atomic E-state index is 9.31. The first-order chi connectivity index (χ1) is 11.0. The van der Waals surface area contributed by atoms with Gasteiger partial charge in [0.15, 0.2) is 0 Å². The Morgan fingerprint density at radius 2 is 1.65 bits per heavy atom. The minimum absolute atomic E-state index is 0.528. The molecule has 7 heteroatoms. The summed E-state index contributed by atoms with van der Waals surface area (Å²) >= 11 is 7.85. The average molecular weight is 353 g/mol. The lowest BCUT2D eigenvalue weighted by Gasteiger charge is -2.16. The summed E-state index contributed by atoms with van der Waals surface area (Å²) in [5.41, 5.74) is 2.24. The van der Waals surface area contributed by atoms with Crippen LogP contribution in [0.25, 0.3) is 0 Å². The van der Waals surface area contributed by atoms with Crippen LogP contribution in [0.4, 0.5) is 5.69 Å². The first-order valence-electron chi connectivity index (χ1n) is 6.82. The molecule has 1 amide bonds. The molecule has 0 aliphatic rings. The van der Waals surface area contributed by atoms with Crippen LogP contribution in [-0.2, 0) is 10.5 Å². The van der Waals surface area contributed by atoms with Gasteiger partial charge in [-0.2, -0.15) is 0 Å². The number of hydrazine groups is 2. The number of halogens is 1. The van der Waals surface area contributed by atoms with E-state index in [1.165, 1.54) is 12.6 Å². The van der Waals surface area contributed by atoms with Crippen molar-refractivity contribution in [2.24, 2.45) is 11.7 Å². The monoisotopic (exact) mass is 352 g/mol. The molecule has 0 fully saturated rings. The Labute approximate surface area is 146 Å². The third-order valence-electron chi connectivity index (χ3n) is 2.76. The molecule has 0 radical (unpaired) electrons. The van der Waals surface area contributed by atoms with E-state index in [0.29, 0.717) is 6.41 Å². The van der Waals surface area contributed by atoms with Crippen LogP contribution in [-0.4, -0.2) is 25.5 Å². The summed E-state index contributed by atoms with van der Waals surface area (Å²) in [5, 5.41) is 3.38. The van der Waals surface area contributed by atoms with Crippen molar-refractivity contribution in [3.63, 3.8) is 0 Å². The molecule has 4 N–H and O–H groups in total. The van der Waals surface area contributed by atoms with E-state index >= 15 is 0 Å². The first kappa shape index (κ1) is 19.3. The Bertz CT molecular complexity index is 623. The maximum absolute atomic E-state index is 9.31. The highest BCUT2D eigenvalue weighted by Gasteiger charge is 2.06. The van der Waals surface area contributed by atoms with Crippen LogP contribution in [0.15, 0.2) is 53.4 Å². The van der Waals surface area contributed by atoms with Gasteiger partial charge in [-0.25, -0.2) is 11.7 Å². The third-order valence-corrected chi connectivity index (χ3v) is 4.32. The summed E-state index contributed by atoms with van der Waals surface area (Å²) < 4.78 is 0. The molecule has 2 rings (SSSR count). The molecule has 0 unspecified atom stereocenters. The van der Waals surface area contributed by atoms with Crippen molar-refractivity contribution in [2.45, 2.75) is 10.6 Å². The molecule has 0 aliphatic heterocycles. The fourth-order valence-corrected chi connectivity index (χ4v) is 2.93. The minimum Gasteiger partial charge on any atom is -0.314 e. The molecule has 23 heavy (non-hydrogen) atoms. The van der Waals surface area contributed by atoms with Gasteiger partial charge in [0, 0.05) is 24.7 Å². The van der Waals surface area contributed by atoms with Crippen LogP contribution in [0.5, 0.6) is 0 Å². The van der Waals surface area contributed by atoms with Gasteiger partial charge in [-0.3, -0.25) is 9.80 Å². The first-order valence-corrected chi connectivity index (χ1v) is 8.18. The number of carbonyl (C=O) groups excluding carboxylic acids is 1. The van der Waals surface area contributed by atoms with Gasteiger partial charge in [0.1, 0.15) is 0 Å². The van der Waals surface area contributed by atoms with Crippen molar-refractivity contribution in [1.82, 2.24) is 5.01 Å². The molecule has 0 aromatic heterocycles. The number of carbonyl (C=O) groups is 1. The topological polar surface area (TPSA) is 75.6 Å². The number of amides is 1. The van der Waals surface area contributed by atoms with Gasteiger partial charge in [0.25, 0.3) is 0 Å². The van der Waals surface area contributed by atoms with Crippen LogP contribution in [0.2, 0.25) is 5.02 Å². The standard InChI is InChI=1S/C14H15ClN2S.C2H6N2O/c1-17(16)13-8-4-2-6-11(13)10-18-14-9-5-3-7-12(14)15;1-4(3)2-5/h2-9H,10,16H2,1H3;2H,3H2,1H3. The number of nitrogens with two attached hydrogens (primary N) is 2. The summed E-state index contributed by atoms with van der Waals surface area (Å²) in [6.07, 6.45) is 0.528. The number of benzene rings is 2. The summed E-state index contributed by atoms with van der Waals surface area (Å²) in [4.78, 5) is 10.4. The second-order valence-corrected chi connectivity index (χ2v) is 6.15. The van der Waals surface area contributed by atoms with Crippen LogP contribution < -0.4 is 16.7 Å². The summed E-state index contributed by atoms with van der Waals surface area (Å²) in [6.45, 7) is 0. The van der Waals surface area contributed by atoms with Crippen molar-refractivity contribution in [2.75, 3.05) is 19.1 Å². The molecule has 0 spiro atoms. The molecular weight excluding hydrogens is 332 g/mol. The number of anilines is 1. The van der Waals surface area contributed by atoms with Gasteiger partial charge in [-0.05, 0) is 23.8 Å². The molecule has 0 bridgehead atoms. The van der Waals surface area contributed by atoms with Gasteiger partial charge in [0.05, 0.1) is 10.7 Å². The molecule has 0 saturated carbocycles. The number of hydrogen-bond acceptors (Lipinski definition) is 5. The Kier molecular flexibility index (Phi) is 8.50. The van der Waals surface area contributed by atoms with E-state index in [1.54, 1.807) is 16.8 Å². The number of thioether (sulfide) groups is 1. The van der Waals surface area contributed by atoms with Gasteiger partial charge in [0.2, 0.25) is 6.41 Å². The maximum Gasteiger partial charge on any atom is 0.223 e. The van der Waals surface area contributed by atoms with Gasteiger partial charge < -0.3 is 5.01 Å². The average Bonchev–Trinajstić information content (AvgIpc) is 2.55. The fraction of sp³-hybridized carbons (Fsp3) is 0.188. The normalized spacial score (nSPS) is 9.61. The van der Waals surface area contributed by atoms with E-state index in [-0.39, 0.29) is 0 Å². The lowest BCUT2D eigenvalue weighted by atomic mass is 10.2. The van der Waals surface area contributed by atoms with Crippen molar-refractivity contribution in [3.05, 3.63) is 59.1 Å². The van der Waals surface area contributed by atoms with E-state index in [4.69, 9.17) is 23.3 Å². The SMILES string of the molecule is CN(N)C=O.CN(N)c1ccccc1CSc1ccccc1Cl. The molecule has 124 valence electrons. The lowest BCUT2D eigenvalue weighted by Crippen LogP contribution is -2.26. The van der Waals surface area contributed by atoms with Crippen LogP contribution >= 0.6 is 23.4 Å². The Balaban J connectivity index is 0.000000463. The van der Waals surface area contributed by atoms with Crippen molar-refractivity contribution in [1.29, 1.82) is 0 Å². The second-order valence-electron chi connectivity index (χ2n) is 4.73. The highest BCUT2D eigenvalue weighted by molar-refractivity contribution is 7.98. The van der Waals surface area contributed by atoms with Gasteiger partial charge in [-0.1, -0.05) is 41.9 Å². The lowest BCUT2D eigenvalue weighted by molar-refractivity contribution is -0.117. The smallest absolute Gasteiger partial charge is 0.223 e. The van der Waals surface area contributed by atoms with E-state index in [2.05, 4.69) is 6.07 Å².